The van der Waals surface area contributed by atoms with Crippen molar-refractivity contribution in [1.82, 2.24) is 9.29 Å². The zero-order valence-electron chi connectivity index (χ0n) is 11.2. The van der Waals surface area contributed by atoms with E-state index in [-0.39, 0.29) is 19.1 Å². The van der Waals surface area contributed by atoms with E-state index in [0.717, 1.165) is 6.07 Å². The summed E-state index contributed by atoms with van der Waals surface area (Å²) in [5.74, 6) is -0.838. The zero-order chi connectivity index (χ0) is 14.5. The number of pyridine rings is 1. The third-order valence-electron chi connectivity index (χ3n) is 2.98. The second-order valence-electron chi connectivity index (χ2n) is 4.17. The van der Waals surface area contributed by atoms with Gasteiger partial charge in [0.25, 0.3) is 10.0 Å². The Balaban J connectivity index is 3.24. The maximum atomic E-state index is 13.7. The summed E-state index contributed by atoms with van der Waals surface area (Å²) < 4.78 is 39.8. The van der Waals surface area contributed by atoms with Crippen LogP contribution in [-0.4, -0.2) is 36.8 Å². The fourth-order valence-electron chi connectivity index (χ4n) is 1.99. The van der Waals surface area contributed by atoms with Gasteiger partial charge in [-0.05, 0) is 25.0 Å². The van der Waals surface area contributed by atoms with Gasteiger partial charge in [-0.15, -0.1) is 0 Å². The van der Waals surface area contributed by atoms with Gasteiger partial charge in [0.1, 0.15) is 0 Å². The summed E-state index contributed by atoms with van der Waals surface area (Å²) in [6, 6.07) is 2.25. The van der Waals surface area contributed by atoms with Crippen LogP contribution < -0.4 is 5.73 Å². The molecule has 1 heterocycles. The largest absolute Gasteiger partial charge is 0.329 e. The molecule has 7 heteroatoms. The van der Waals surface area contributed by atoms with E-state index in [1.807, 2.05) is 13.8 Å². The Morgan fingerprint density at radius 1 is 1.42 bits per heavy atom. The Hall–Kier alpha value is -1.05. The third kappa shape index (κ3) is 3.49. The molecule has 0 radical (unpaired) electrons. The molecule has 0 aliphatic rings. The molecule has 1 aromatic rings. The molecule has 5 nitrogen and oxygen atoms in total. The lowest BCUT2D eigenvalue weighted by Gasteiger charge is -2.28. The van der Waals surface area contributed by atoms with Gasteiger partial charge in [-0.25, -0.2) is 17.8 Å². The van der Waals surface area contributed by atoms with E-state index in [0.29, 0.717) is 12.8 Å². The predicted molar refractivity (Wildman–Crippen MR) is 71.5 cm³/mol. The van der Waals surface area contributed by atoms with Gasteiger partial charge in [0.05, 0.1) is 0 Å². The molecule has 0 unspecified atom stereocenters. The van der Waals surface area contributed by atoms with Gasteiger partial charge >= 0.3 is 0 Å². The van der Waals surface area contributed by atoms with Crippen molar-refractivity contribution in [3.05, 3.63) is 24.1 Å². The van der Waals surface area contributed by atoms with Gasteiger partial charge in [-0.3, -0.25) is 0 Å². The van der Waals surface area contributed by atoms with Crippen LogP contribution in [0.1, 0.15) is 26.7 Å². The number of hydrogen-bond donors (Lipinski definition) is 1. The molecule has 0 bridgehead atoms. The Morgan fingerprint density at radius 2 is 2.05 bits per heavy atom. The Kier molecular flexibility index (Phi) is 5.84. The van der Waals surface area contributed by atoms with Crippen LogP contribution in [-0.2, 0) is 10.0 Å². The molecule has 0 fully saturated rings. The topological polar surface area (TPSA) is 76.3 Å². The third-order valence-corrected chi connectivity index (χ3v) is 4.86. The van der Waals surface area contributed by atoms with Crippen LogP contribution in [0.2, 0.25) is 0 Å². The Labute approximate surface area is 113 Å². The first-order chi connectivity index (χ1) is 8.98. The van der Waals surface area contributed by atoms with E-state index in [4.69, 9.17) is 5.73 Å². The van der Waals surface area contributed by atoms with Gasteiger partial charge in [0.2, 0.25) is 5.03 Å². The van der Waals surface area contributed by atoms with Crippen LogP contribution in [0.4, 0.5) is 4.39 Å². The summed E-state index contributed by atoms with van der Waals surface area (Å²) in [6.45, 7) is 4.12. The monoisotopic (exact) mass is 289 g/mol. The number of halogens is 1. The van der Waals surface area contributed by atoms with E-state index < -0.39 is 20.9 Å². The fraction of sp³-hybridized carbons (Fsp3) is 0.583. The normalized spacial score (nSPS) is 12.3. The summed E-state index contributed by atoms with van der Waals surface area (Å²) in [5.41, 5.74) is 5.47. The second-order valence-corrected chi connectivity index (χ2v) is 5.97. The highest BCUT2D eigenvalue weighted by Crippen LogP contribution is 2.21. The summed E-state index contributed by atoms with van der Waals surface area (Å²) in [4.78, 5) is 3.66. The quantitative estimate of drug-likeness (QED) is 0.822. The zero-order valence-corrected chi connectivity index (χ0v) is 12.0. The molecule has 1 rings (SSSR count). The van der Waals surface area contributed by atoms with Crippen LogP contribution in [0, 0.1) is 5.82 Å². The smallest absolute Gasteiger partial charge is 0.263 e. The molecule has 0 aromatic carbocycles. The van der Waals surface area contributed by atoms with Crippen LogP contribution in [0.15, 0.2) is 23.4 Å². The fourth-order valence-corrected chi connectivity index (χ4v) is 3.76. The minimum atomic E-state index is -3.95. The van der Waals surface area contributed by atoms with Crippen LogP contribution in [0.5, 0.6) is 0 Å². The van der Waals surface area contributed by atoms with Gasteiger partial charge in [-0.1, -0.05) is 13.8 Å². The number of rotatable bonds is 7. The lowest BCUT2D eigenvalue weighted by molar-refractivity contribution is 0.306. The second kappa shape index (κ2) is 6.93. The maximum Gasteiger partial charge on any atom is 0.263 e. The van der Waals surface area contributed by atoms with Crippen molar-refractivity contribution in [3.8, 4) is 0 Å². The predicted octanol–water partition coefficient (Wildman–Crippen LogP) is 1.36. The summed E-state index contributed by atoms with van der Waals surface area (Å²) in [7, 11) is -3.95. The summed E-state index contributed by atoms with van der Waals surface area (Å²) in [5, 5.41) is -0.532. The molecule has 0 aliphatic carbocycles. The van der Waals surface area contributed by atoms with Gasteiger partial charge in [0.15, 0.2) is 5.82 Å². The van der Waals surface area contributed by atoms with Crippen molar-refractivity contribution in [2.24, 2.45) is 5.73 Å². The van der Waals surface area contributed by atoms with Crippen LogP contribution >= 0.6 is 0 Å². The average molecular weight is 289 g/mol. The lowest BCUT2D eigenvalue weighted by atomic mass is 10.2. The Morgan fingerprint density at radius 3 is 2.53 bits per heavy atom. The molecule has 19 heavy (non-hydrogen) atoms. The van der Waals surface area contributed by atoms with Crippen LogP contribution in [0.25, 0.3) is 0 Å². The molecule has 0 atom stereocenters. The number of nitrogens with two attached hydrogens (primary N) is 1. The van der Waals surface area contributed by atoms with Gasteiger partial charge < -0.3 is 5.73 Å². The van der Waals surface area contributed by atoms with E-state index in [2.05, 4.69) is 4.98 Å². The van der Waals surface area contributed by atoms with E-state index >= 15 is 0 Å². The van der Waals surface area contributed by atoms with E-state index in [1.54, 1.807) is 0 Å². The number of hydrogen-bond acceptors (Lipinski definition) is 4. The van der Waals surface area contributed by atoms with Gasteiger partial charge in [-0.2, -0.15) is 4.31 Å². The molecule has 1 aromatic heterocycles. The SMILES string of the molecule is CCC(CC)N(CCN)S(=O)(=O)c1ncccc1F. The van der Waals surface area contributed by atoms with Crippen molar-refractivity contribution in [2.45, 2.75) is 37.8 Å². The first-order valence-corrected chi connectivity index (χ1v) is 7.75. The molecule has 0 aliphatic heterocycles. The van der Waals surface area contributed by atoms with E-state index in [1.165, 1.54) is 16.6 Å². The summed E-state index contributed by atoms with van der Waals surface area (Å²) >= 11 is 0. The maximum absolute atomic E-state index is 13.7. The molecule has 2 N–H and O–H groups in total. The number of nitrogens with zero attached hydrogens (tertiary/aromatic N) is 2. The van der Waals surface area contributed by atoms with Crippen molar-refractivity contribution >= 4 is 10.0 Å². The summed E-state index contributed by atoms with van der Waals surface area (Å²) in [6.07, 6.45) is 2.55. The highest BCUT2D eigenvalue weighted by molar-refractivity contribution is 7.89. The molecule has 0 spiro atoms. The standard InChI is InChI=1S/C12H20FN3O2S/c1-3-10(4-2)16(9-7-14)19(17,18)12-11(13)6-5-8-15-12/h5-6,8,10H,3-4,7,9,14H2,1-2H3. The van der Waals surface area contributed by atoms with Crippen molar-refractivity contribution in [3.63, 3.8) is 0 Å². The highest BCUT2D eigenvalue weighted by Gasteiger charge is 2.32. The number of aromatic nitrogens is 1. The van der Waals surface area contributed by atoms with Gasteiger partial charge in [0, 0.05) is 25.3 Å². The molecule has 108 valence electrons. The van der Waals surface area contributed by atoms with Crippen molar-refractivity contribution in [1.29, 1.82) is 0 Å². The highest BCUT2D eigenvalue weighted by atomic mass is 32.2. The van der Waals surface area contributed by atoms with Crippen LogP contribution in [0.3, 0.4) is 0 Å². The average Bonchev–Trinajstić information content (AvgIpc) is 2.39. The molecule has 0 amide bonds. The molecule has 0 saturated heterocycles. The Bertz CT molecular complexity index is 503. The van der Waals surface area contributed by atoms with E-state index in [9.17, 15) is 12.8 Å². The minimum Gasteiger partial charge on any atom is -0.329 e. The lowest BCUT2D eigenvalue weighted by Crippen LogP contribution is -2.43. The first-order valence-electron chi connectivity index (χ1n) is 6.31. The molecular weight excluding hydrogens is 269 g/mol. The van der Waals surface area contributed by atoms with Crippen molar-refractivity contribution in [2.75, 3.05) is 13.1 Å². The van der Waals surface area contributed by atoms with Crippen molar-refractivity contribution < 1.29 is 12.8 Å². The molecular formula is C12H20FN3O2S. The first kappa shape index (κ1) is 16.0. The minimum absolute atomic E-state index is 0.157. The molecule has 0 saturated carbocycles. The number of sulfonamides is 1.